The van der Waals surface area contributed by atoms with Crippen LogP contribution in [0.2, 0.25) is 0 Å². The third-order valence-corrected chi connectivity index (χ3v) is 5.92. The third kappa shape index (κ3) is 5.01. The van der Waals surface area contributed by atoms with Crippen LogP contribution in [0.4, 0.5) is 0 Å². The van der Waals surface area contributed by atoms with E-state index in [1.54, 1.807) is 19.1 Å². The Morgan fingerprint density at radius 1 is 1.06 bits per heavy atom. The Morgan fingerprint density at radius 3 is 2.39 bits per heavy atom. The Balaban J connectivity index is 1.93. The van der Waals surface area contributed by atoms with Crippen molar-refractivity contribution >= 4 is 11.8 Å². The molecular weight excluding hydrogens is 392 g/mol. The first-order valence-corrected chi connectivity index (χ1v) is 10.6. The Hall–Kier alpha value is -3.02. The molecule has 166 valence electrons. The van der Waals surface area contributed by atoms with Crippen LogP contribution in [-0.2, 0) is 16.1 Å². The van der Waals surface area contributed by atoms with Gasteiger partial charge in [0.15, 0.2) is 0 Å². The minimum atomic E-state index is -0.350. The lowest BCUT2D eigenvalue weighted by Gasteiger charge is -2.25. The monoisotopic (exact) mass is 424 g/mol. The van der Waals surface area contributed by atoms with E-state index in [4.69, 9.17) is 9.47 Å². The second kappa shape index (κ2) is 9.86. The van der Waals surface area contributed by atoms with Gasteiger partial charge in [-0.25, -0.2) is 0 Å². The van der Waals surface area contributed by atoms with Gasteiger partial charge in [0.25, 0.3) is 0 Å². The van der Waals surface area contributed by atoms with Crippen LogP contribution in [0.25, 0.3) is 0 Å². The number of hydrogen-bond donors (Lipinski definition) is 0. The average molecular weight is 425 g/mol. The lowest BCUT2D eigenvalue weighted by molar-refractivity contribution is -0.136. The molecule has 0 unspecified atom stereocenters. The zero-order valence-corrected chi connectivity index (χ0v) is 19.0. The van der Waals surface area contributed by atoms with Crippen LogP contribution in [-0.4, -0.2) is 56.0 Å². The van der Waals surface area contributed by atoms with Crippen LogP contribution in [0.5, 0.6) is 11.5 Å². The molecule has 2 aromatic carbocycles. The second-order valence-electron chi connectivity index (χ2n) is 8.40. The molecule has 31 heavy (non-hydrogen) atoms. The molecular formula is C25H32N2O4. The fourth-order valence-corrected chi connectivity index (χ4v) is 4.26. The summed E-state index contributed by atoms with van der Waals surface area (Å²) < 4.78 is 11.0. The fraction of sp³-hybridized carbons (Fsp3) is 0.440. The Labute approximate surface area is 184 Å². The highest BCUT2D eigenvalue weighted by atomic mass is 16.5. The fourth-order valence-electron chi connectivity index (χ4n) is 4.26. The van der Waals surface area contributed by atoms with Crippen molar-refractivity contribution in [3.05, 3.63) is 59.7 Å². The van der Waals surface area contributed by atoms with Crippen molar-refractivity contribution in [2.24, 2.45) is 11.8 Å². The van der Waals surface area contributed by atoms with Crippen LogP contribution in [0, 0.1) is 11.8 Å². The molecule has 1 aliphatic rings. The highest BCUT2D eigenvalue weighted by Crippen LogP contribution is 2.40. The smallest absolute Gasteiger partial charge is 0.228 e. The van der Waals surface area contributed by atoms with E-state index in [0.29, 0.717) is 31.1 Å². The van der Waals surface area contributed by atoms with E-state index < -0.39 is 0 Å². The minimum Gasteiger partial charge on any atom is -0.497 e. The van der Waals surface area contributed by atoms with Crippen LogP contribution < -0.4 is 9.47 Å². The number of likely N-dealkylation sites (tertiary alicyclic amines) is 1. The summed E-state index contributed by atoms with van der Waals surface area (Å²) in [6.45, 7) is 5.19. The minimum absolute atomic E-state index is 0.0257. The van der Waals surface area contributed by atoms with E-state index in [-0.39, 0.29) is 29.6 Å². The molecule has 0 saturated carbocycles. The number of nitrogens with zero attached hydrogens (tertiary/aromatic N) is 2. The first-order chi connectivity index (χ1) is 14.8. The van der Waals surface area contributed by atoms with Gasteiger partial charge in [-0.05, 0) is 23.8 Å². The standard InChI is InChI=1S/C25H32N2O4/c1-17(2)24(28)27-15-21(20-13-19(30-4)11-12-23(20)31-5)22(16-27)25(29)26(3)14-18-9-7-6-8-10-18/h6-13,17,21-22H,14-16H2,1-5H3/t21-,22-/m1/s1. The van der Waals surface area contributed by atoms with Crippen molar-refractivity contribution in [3.63, 3.8) is 0 Å². The van der Waals surface area contributed by atoms with E-state index in [9.17, 15) is 9.59 Å². The predicted octanol–water partition coefficient (Wildman–Crippen LogP) is 3.56. The van der Waals surface area contributed by atoms with Gasteiger partial charge in [-0.15, -0.1) is 0 Å². The highest BCUT2D eigenvalue weighted by Gasteiger charge is 2.43. The van der Waals surface area contributed by atoms with Gasteiger partial charge < -0.3 is 19.3 Å². The number of hydrogen-bond acceptors (Lipinski definition) is 4. The number of benzene rings is 2. The molecule has 0 aromatic heterocycles. The quantitative estimate of drug-likeness (QED) is 0.682. The number of carbonyl (C=O) groups is 2. The zero-order valence-electron chi connectivity index (χ0n) is 19.0. The van der Waals surface area contributed by atoms with Crippen molar-refractivity contribution in [2.45, 2.75) is 26.3 Å². The zero-order chi connectivity index (χ0) is 22.5. The maximum absolute atomic E-state index is 13.5. The van der Waals surface area contributed by atoms with Crippen molar-refractivity contribution in [3.8, 4) is 11.5 Å². The molecule has 0 bridgehead atoms. The van der Waals surface area contributed by atoms with Crippen molar-refractivity contribution in [1.29, 1.82) is 0 Å². The Kier molecular flexibility index (Phi) is 7.21. The van der Waals surface area contributed by atoms with Gasteiger partial charge in [-0.3, -0.25) is 9.59 Å². The van der Waals surface area contributed by atoms with E-state index in [0.717, 1.165) is 11.1 Å². The van der Waals surface area contributed by atoms with Crippen molar-refractivity contribution in [2.75, 3.05) is 34.4 Å². The van der Waals surface area contributed by atoms with Crippen molar-refractivity contribution in [1.82, 2.24) is 9.80 Å². The van der Waals surface area contributed by atoms with Gasteiger partial charge in [0, 0.05) is 44.1 Å². The number of rotatable bonds is 7. The normalized spacial score (nSPS) is 18.2. The SMILES string of the molecule is COc1ccc(OC)c([C@H]2CN(C(=O)C(C)C)C[C@H]2C(=O)N(C)Cc2ccccc2)c1. The number of methoxy groups -OCH3 is 2. The topological polar surface area (TPSA) is 59.1 Å². The van der Waals surface area contributed by atoms with Gasteiger partial charge in [0.05, 0.1) is 20.1 Å². The van der Waals surface area contributed by atoms with Crippen molar-refractivity contribution < 1.29 is 19.1 Å². The highest BCUT2D eigenvalue weighted by molar-refractivity contribution is 5.84. The van der Waals surface area contributed by atoms with E-state index in [1.165, 1.54) is 0 Å². The number of ether oxygens (including phenoxy) is 2. The molecule has 1 heterocycles. The molecule has 0 N–H and O–H groups in total. The van der Waals surface area contributed by atoms with Crippen LogP contribution in [0.15, 0.2) is 48.5 Å². The molecule has 0 spiro atoms. The maximum Gasteiger partial charge on any atom is 0.228 e. The third-order valence-electron chi connectivity index (χ3n) is 5.92. The summed E-state index contributed by atoms with van der Waals surface area (Å²) in [6.07, 6.45) is 0. The van der Waals surface area contributed by atoms with Gasteiger partial charge in [0.2, 0.25) is 11.8 Å². The Bertz CT molecular complexity index is 913. The molecule has 2 aromatic rings. The largest absolute Gasteiger partial charge is 0.497 e. The van der Waals surface area contributed by atoms with E-state index in [2.05, 4.69) is 0 Å². The molecule has 3 rings (SSSR count). The van der Waals surface area contributed by atoms with Gasteiger partial charge >= 0.3 is 0 Å². The van der Waals surface area contributed by atoms with Gasteiger partial charge in [-0.2, -0.15) is 0 Å². The summed E-state index contributed by atoms with van der Waals surface area (Å²) in [5.41, 5.74) is 1.97. The summed E-state index contributed by atoms with van der Waals surface area (Å²) in [4.78, 5) is 29.9. The van der Waals surface area contributed by atoms with E-state index >= 15 is 0 Å². The molecule has 1 fully saturated rings. The molecule has 2 atom stereocenters. The molecule has 6 heteroatoms. The molecule has 2 amide bonds. The van der Waals surface area contributed by atoms with E-state index in [1.807, 2.05) is 74.3 Å². The summed E-state index contributed by atoms with van der Waals surface area (Å²) in [5.74, 6) is 0.853. The van der Waals surface area contributed by atoms with Gasteiger partial charge in [-0.1, -0.05) is 44.2 Å². The molecule has 0 aliphatic carbocycles. The molecule has 1 aliphatic heterocycles. The summed E-state index contributed by atoms with van der Waals surface area (Å²) >= 11 is 0. The maximum atomic E-state index is 13.5. The molecule has 1 saturated heterocycles. The lowest BCUT2D eigenvalue weighted by atomic mass is 9.87. The number of amides is 2. The number of carbonyl (C=O) groups excluding carboxylic acids is 2. The van der Waals surface area contributed by atoms with Gasteiger partial charge in [0.1, 0.15) is 11.5 Å². The summed E-state index contributed by atoms with van der Waals surface area (Å²) in [7, 11) is 5.06. The lowest BCUT2D eigenvalue weighted by Crippen LogP contribution is -2.37. The van der Waals surface area contributed by atoms with Crippen LogP contribution >= 0.6 is 0 Å². The first-order valence-electron chi connectivity index (χ1n) is 10.6. The first kappa shape index (κ1) is 22.7. The second-order valence-corrected chi connectivity index (χ2v) is 8.40. The van der Waals surface area contributed by atoms with Crippen LogP contribution in [0.1, 0.15) is 30.9 Å². The molecule has 0 radical (unpaired) electrons. The average Bonchev–Trinajstić information content (AvgIpc) is 3.23. The summed E-state index contributed by atoms with van der Waals surface area (Å²) in [6, 6.07) is 15.5. The summed E-state index contributed by atoms with van der Waals surface area (Å²) in [5, 5.41) is 0. The predicted molar refractivity (Wildman–Crippen MR) is 120 cm³/mol. The Morgan fingerprint density at radius 2 is 1.77 bits per heavy atom. The molecule has 6 nitrogen and oxygen atoms in total. The van der Waals surface area contributed by atoms with Crippen LogP contribution in [0.3, 0.4) is 0 Å².